The highest BCUT2D eigenvalue weighted by Gasteiger charge is 2.51. The molecule has 10 heteroatoms. The monoisotopic (exact) mass is 582 g/mol. The first-order chi connectivity index (χ1) is 20.2. The van der Waals surface area contributed by atoms with Crippen LogP contribution in [0.15, 0.2) is 79.0 Å². The summed E-state index contributed by atoms with van der Waals surface area (Å²) < 4.78 is 13.9. The number of hydrogen-bond donors (Lipinski definition) is 4. The molecule has 0 radical (unpaired) electrons. The van der Waals surface area contributed by atoms with Crippen LogP contribution in [0.4, 0.5) is 15.8 Å². The van der Waals surface area contributed by atoms with Crippen molar-refractivity contribution in [3.63, 3.8) is 0 Å². The van der Waals surface area contributed by atoms with E-state index in [4.69, 9.17) is 11.6 Å². The smallest absolute Gasteiger partial charge is 0.123 e. The van der Waals surface area contributed by atoms with Crippen molar-refractivity contribution < 1.29 is 4.39 Å². The van der Waals surface area contributed by atoms with Gasteiger partial charge in [-0.15, -0.1) is 5.53 Å². The molecule has 1 fully saturated rings. The van der Waals surface area contributed by atoms with E-state index in [2.05, 4.69) is 75.7 Å². The summed E-state index contributed by atoms with van der Waals surface area (Å²) in [5, 5.41) is 20.2. The molecule has 2 aromatic heterocycles. The number of hydrazine groups is 2. The zero-order valence-corrected chi connectivity index (χ0v) is 24.4. The molecule has 4 aromatic rings. The fraction of sp³-hybridized carbons (Fsp3) is 0.281. The molecule has 214 valence electrons. The highest BCUT2D eigenvalue weighted by molar-refractivity contribution is 6.35. The summed E-state index contributed by atoms with van der Waals surface area (Å²) in [5.41, 5.74) is 11.8. The second-order valence-electron chi connectivity index (χ2n) is 12.0. The van der Waals surface area contributed by atoms with Gasteiger partial charge in [-0.25, -0.2) is 4.39 Å². The van der Waals surface area contributed by atoms with E-state index in [-0.39, 0.29) is 22.8 Å². The summed E-state index contributed by atoms with van der Waals surface area (Å²) in [5.74, 6) is -0.308. The molecule has 42 heavy (non-hydrogen) atoms. The molecular formula is C32H32ClFN8. The first kappa shape index (κ1) is 27.8. The van der Waals surface area contributed by atoms with Crippen LogP contribution in [0.2, 0.25) is 5.02 Å². The Morgan fingerprint density at radius 3 is 2.62 bits per heavy atom. The van der Waals surface area contributed by atoms with Crippen molar-refractivity contribution in [2.24, 2.45) is 5.41 Å². The number of rotatable bonds is 8. The van der Waals surface area contributed by atoms with Crippen LogP contribution in [0.1, 0.15) is 56.3 Å². The molecule has 0 bridgehead atoms. The third-order valence-corrected chi connectivity index (χ3v) is 7.93. The van der Waals surface area contributed by atoms with Crippen LogP contribution in [-0.2, 0) is 5.54 Å². The zero-order chi connectivity index (χ0) is 29.5. The Balaban J connectivity index is 1.39. The Kier molecular flexibility index (Phi) is 7.13. The van der Waals surface area contributed by atoms with Gasteiger partial charge in [0, 0.05) is 42.4 Å². The number of pyridine rings is 2. The van der Waals surface area contributed by atoms with Gasteiger partial charge in [0.2, 0.25) is 0 Å². The van der Waals surface area contributed by atoms with Crippen LogP contribution in [0, 0.1) is 22.6 Å². The summed E-state index contributed by atoms with van der Waals surface area (Å²) in [6, 6.07) is 16.1. The van der Waals surface area contributed by atoms with Crippen molar-refractivity contribution in [1.29, 1.82) is 5.26 Å². The molecule has 3 heterocycles. The van der Waals surface area contributed by atoms with Crippen LogP contribution in [-0.4, -0.2) is 21.5 Å². The number of benzene rings is 2. The number of nitriles is 1. The molecule has 0 unspecified atom stereocenters. The summed E-state index contributed by atoms with van der Waals surface area (Å²) in [7, 11) is 0. The van der Waals surface area contributed by atoms with E-state index in [1.165, 1.54) is 12.1 Å². The average Bonchev–Trinajstić information content (AvgIpc) is 3.64. The third kappa shape index (κ3) is 5.43. The van der Waals surface area contributed by atoms with Gasteiger partial charge in [0.1, 0.15) is 11.9 Å². The zero-order valence-electron chi connectivity index (χ0n) is 23.7. The quantitative estimate of drug-likeness (QED) is 0.181. The summed E-state index contributed by atoms with van der Waals surface area (Å²) in [6.45, 7) is 7.04. The van der Waals surface area contributed by atoms with Gasteiger partial charge < -0.3 is 16.1 Å². The lowest BCUT2D eigenvalue weighted by Crippen LogP contribution is -2.43. The highest BCUT2D eigenvalue weighted by Crippen LogP contribution is 2.51. The maximum Gasteiger partial charge on any atom is 0.123 e. The predicted octanol–water partition coefficient (Wildman–Crippen LogP) is 6.76. The molecule has 2 aromatic carbocycles. The number of hydrogen-bond acceptors (Lipinski definition) is 8. The molecule has 8 nitrogen and oxygen atoms in total. The largest absolute Gasteiger partial charge is 0.383 e. The summed E-state index contributed by atoms with van der Waals surface area (Å²) in [4.78, 5) is 8.81. The Hall–Kier alpha value is -4.39. The van der Waals surface area contributed by atoms with E-state index in [0.717, 1.165) is 40.7 Å². The van der Waals surface area contributed by atoms with Crippen LogP contribution in [0.25, 0.3) is 10.9 Å². The van der Waals surface area contributed by atoms with Crippen molar-refractivity contribution in [3.8, 4) is 6.07 Å². The standard InChI is InChI=1S/C32H32ClFN8/c1-31(2,3)19-38-28-21(15-35)16-37-30-25(28)13-24(14-26(30)33)39-29(20-6-8-23(34)9-7-20)27-18-42(41-40-27)32(10-11-32)22-5-4-12-36-17-22/h4-9,12-14,16-18,29,39-41H,10-11,19H2,1-3H3,(H,37,38)/t29-/m0/s1. The maximum absolute atomic E-state index is 13.9. The number of nitrogens with zero attached hydrogens (tertiary/aromatic N) is 4. The molecule has 1 aliphatic heterocycles. The topological polar surface area (TPSA) is 101 Å². The van der Waals surface area contributed by atoms with E-state index in [0.29, 0.717) is 28.3 Å². The van der Waals surface area contributed by atoms with E-state index in [1.807, 2.05) is 24.4 Å². The molecular weight excluding hydrogens is 551 g/mol. The van der Waals surface area contributed by atoms with Gasteiger partial charge in [-0.3, -0.25) is 15.0 Å². The number of anilines is 2. The fourth-order valence-electron chi connectivity index (χ4n) is 5.27. The maximum atomic E-state index is 13.9. The molecule has 1 atom stereocenters. The number of halogens is 2. The molecule has 2 aliphatic rings. The molecule has 1 saturated carbocycles. The Morgan fingerprint density at radius 1 is 1.17 bits per heavy atom. The minimum Gasteiger partial charge on any atom is -0.383 e. The minimum absolute atomic E-state index is 0.0100. The Morgan fingerprint density at radius 2 is 1.95 bits per heavy atom. The molecule has 0 spiro atoms. The van der Waals surface area contributed by atoms with Crippen LogP contribution >= 0.6 is 11.6 Å². The molecule has 6 rings (SSSR count). The minimum atomic E-state index is -0.376. The highest BCUT2D eigenvalue weighted by atomic mass is 35.5. The van der Waals surface area contributed by atoms with Crippen LogP contribution < -0.4 is 21.6 Å². The van der Waals surface area contributed by atoms with Gasteiger partial charge in [0.25, 0.3) is 0 Å². The van der Waals surface area contributed by atoms with Gasteiger partial charge in [-0.2, -0.15) is 5.26 Å². The molecule has 1 aliphatic carbocycles. The number of aromatic nitrogens is 2. The first-order valence-electron chi connectivity index (χ1n) is 13.9. The number of nitrogens with one attached hydrogen (secondary N) is 4. The third-order valence-electron chi connectivity index (χ3n) is 7.64. The average molecular weight is 583 g/mol. The lowest BCUT2D eigenvalue weighted by molar-refractivity contribution is 0.176. The number of fused-ring (bicyclic) bond motifs is 1. The van der Waals surface area contributed by atoms with E-state index >= 15 is 0 Å². The van der Waals surface area contributed by atoms with Crippen molar-refractivity contribution in [2.75, 3.05) is 17.2 Å². The van der Waals surface area contributed by atoms with Gasteiger partial charge in [-0.1, -0.05) is 50.6 Å². The van der Waals surface area contributed by atoms with Gasteiger partial charge in [0.05, 0.1) is 39.1 Å². The Bertz CT molecular complexity index is 1690. The van der Waals surface area contributed by atoms with Gasteiger partial charge in [0.15, 0.2) is 0 Å². The van der Waals surface area contributed by atoms with Crippen molar-refractivity contribution >= 4 is 33.9 Å². The van der Waals surface area contributed by atoms with Crippen LogP contribution in [0.3, 0.4) is 0 Å². The van der Waals surface area contributed by atoms with Gasteiger partial charge >= 0.3 is 0 Å². The molecule has 0 saturated heterocycles. The van der Waals surface area contributed by atoms with Crippen molar-refractivity contribution in [1.82, 2.24) is 25.9 Å². The summed E-state index contributed by atoms with van der Waals surface area (Å²) >= 11 is 6.77. The fourth-order valence-corrected chi connectivity index (χ4v) is 5.53. The van der Waals surface area contributed by atoms with Crippen LogP contribution in [0.5, 0.6) is 0 Å². The molecule has 0 amide bonds. The Labute approximate surface area is 249 Å². The van der Waals surface area contributed by atoms with Gasteiger partial charge in [-0.05, 0) is 59.7 Å². The second-order valence-corrected chi connectivity index (χ2v) is 12.4. The SMILES string of the molecule is CC(C)(C)CNc1c(C#N)cnc2c(Cl)cc(N[C@H](C3=CN(C4(c5cccnc5)CC4)NN3)c3ccc(F)cc3)cc12. The van der Waals surface area contributed by atoms with Crippen molar-refractivity contribution in [3.05, 3.63) is 107 Å². The lowest BCUT2D eigenvalue weighted by atomic mass is 9.96. The van der Waals surface area contributed by atoms with E-state index in [1.54, 1.807) is 24.5 Å². The van der Waals surface area contributed by atoms with Crippen molar-refractivity contribution in [2.45, 2.75) is 45.2 Å². The molecule has 4 N–H and O–H groups in total. The van der Waals surface area contributed by atoms with E-state index < -0.39 is 0 Å². The summed E-state index contributed by atoms with van der Waals surface area (Å²) in [6.07, 6.45) is 9.27. The normalized spacial score (nSPS) is 16.4. The first-order valence-corrected chi connectivity index (χ1v) is 14.3. The van der Waals surface area contributed by atoms with E-state index in [9.17, 15) is 9.65 Å². The predicted molar refractivity (Wildman–Crippen MR) is 164 cm³/mol. The lowest BCUT2D eigenvalue weighted by Gasteiger charge is -2.27. The second kappa shape index (κ2) is 10.8.